The smallest absolute Gasteiger partial charge is 0.268 e. The van der Waals surface area contributed by atoms with Crippen LogP contribution in [0.5, 0.6) is 0 Å². The van der Waals surface area contributed by atoms with E-state index in [0.717, 1.165) is 0 Å². The van der Waals surface area contributed by atoms with Crippen LogP contribution in [0.3, 0.4) is 0 Å². The van der Waals surface area contributed by atoms with Gasteiger partial charge in [0.2, 0.25) is 0 Å². The monoisotopic (exact) mass is 227 g/mol. The average Bonchev–Trinajstić information content (AvgIpc) is 2.18. The number of aromatic nitrogens is 2. The van der Waals surface area contributed by atoms with Gasteiger partial charge in [0.1, 0.15) is 0 Å². The second kappa shape index (κ2) is 4.39. The van der Waals surface area contributed by atoms with Crippen molar-refractivity contribution >= 4 is 17.2 Å². The van der Waals surface area contributed by atoms with Crippen LogP contribution in [0.1, 0.15) is 17.5 Å². The Kier molecular flexibility index (Phi) is 3.41. The van der Waals surface area contributed by atoms with Crippen LogP contribution in [-0.4, -0.2) is 14.8 Å². The first-order chi connectivity index (χ1) is 6.93. The van der Waals surface area contributed by atoms with Gasteiger partial charge < -0.3 is 5.73 Å². The Labute approximate surface area is 91.9 Å². The molecule has 0 saturated carbocycles. The van der Waals surface area contributed by atoms with E-state index in [2.05, 4.69) is 5.10 Å². The normalized spacial score (nSPS) is 10.3. The number of hydrogen-bond donors (Lipinski definition) is 2. The van der Waals surface area contributed by atoms with Crippen molar-refractivity contribution in [2.45, 2.75) is 26.8 Å². The highest BCUT2D eigenvalue weighted by Crippen LogP contribution is 1.92. The Morgan fingerprint density at radius 2 is 2.00 bits per heavy atom. The van der Waals surface area contributed by atoms with Crippen LogP contribution in [-0.2, 0) is 6.54 Å². The Morgan fingerprint density at radius 1 is 1.40 bits per heavy atom. The summed E-state index contributed by atoms with van der Waals surface area (Å²) in [5.41, 5.74) is 5.77. The maximum Gasteiger partial charge on any atom is 0.268 e. The van der Waals surface area contributed by atoms with Gasteiger partial charge in [0.15, 0.2) is 0 Å². The predicted molar refractivity (Wildman–Crippen MR) is 62.2 cm³/mol. The molecule has 0 aromatic carbocycles. The Hall–Kier alpha value is -1.43. The number of aromatic amines is 1. The third-order valence-corrected chi connectivity index (χ3v) is 2.49. The molecule has 0 bridgehead atoms. The lowest BCUT2D eigenvalue weighted by Crippen LogP contribution is -2.34. The van der Waals surface area contributed by atoms with Gasteiger partial charge in [-0.2, -0.15) is 0 Å². The maximum absolute atomic E-state index is 11.7. The van der Waals surface area contributed by atoms with E-state index in [1.165, 1.54) is 4.68 Å². The Bertz CT molecular complexity index is 501. The zero-order valence-corrected chi connectivity index (χ0v) is 9.48. The van der Waals surface area contributed by atoms with E-state index in [-0.39, 0.29) is 11.1 Å². The molecule has 0 aliphatic carbocycles. The van der Waals surface area contributed by atoms with E-state index in [1.807, 2.05) is 0 Å². The van der Waals surface area contributed by atoms with Crippen LogP contribution in [0.2, 0.25) is 0 Å². The second-order valence-electron chi connectivity index (χ2n) is 3.36. The van der Waals surface area contributed by atoms with Crippen LogP contribution in [0.15, 0.2) is 9.59 Å². The molecule has 15 heavy (non-hydrogen) atoms. The number of nitrogens with one attached hydrogen (secondary N) is 1. The molecular formula is C9H13N3O2S. The first-order valence-corrected chi connectivity index (χ1v) is 4.93. The van der Waals surface area contributed by atoms with Crippen molar-refractivity contribution in [2.75, 3.05) is 0 Å². The largest absolute Gasteiger partial charge is 0.393 e. The minimum absolute atomic E-state index is 0.205. The molecule has 0 amide bonds. The fraction of sp³-hybridized carbons (Fsp3) is 0.444. The van der Waals surface area contributed by atoms with Crippen molar-refractivity contribution in [2.24, 2.45) is 5.73 Å². The molecule has 6 heteroatoms. The van der Waals surface area contributed by atoms with Gasteiger partial charge >= 0.3 is 0 Å². The molecule has 1 aromatic heterocycles. The van der Waals surface area contributed by atoms with Crippen molar-refractivity contribution in [3.63, 3.8) is 0 Å². The number of H-pyrrole nitrogens is 1. The number of aryl methyl sites for hydroxylation is 1. The van der Waals surface area contributed by atoms with Crippen LogP contribution >= 0.6 is 12.2 Å². The van der Waals surface area contributed by atoms with Gasteiger partial charge in [-0.05, 0) is 13.8 Å². The fourth-order valence-electron chi connectivity index (χ4n) is 1.17. The minimum Gasteiger partial charge on any atom is -0.393 e. The standard InChI is InChI=1S/C9H13N3O2S/c1-5-6(2)9(14)12(11-8(5)13)4-3-7(10)15/h3-4H2,1-2H3,(H2,10,15)(H,11,13). The van der Waals surface area contributed by atoms with Crippen molar-refractivity contribution in [3.8, 4) is 0 Å². The maximum atomic E-state index is 11.7. The van der Waals surface area contributed by atoms with Crippen LogP contribution < -0.4 is 16.9 Å². The first kappa shape index (κ1) is 11.6. The van der Waals surface area contributed by atoms with Gasteiger partial charge in [0, 0.05) is 24.1 Å². The molecule has 0 aliphatic rings. The topological polar surface area (TPSA) is 80.9 Å². The van der Waals surface area contributed by atoms with Crippen molar-refractivity contribution < 1.29 is 0 Å². The summed E-state index contributed by atoms with van der Waals surface area (Å²) in [6, 6.07) is 0. The summed E-state index contributed by atoms with van der Waals surface area (Å²) in [7, 11) is 0. The van der Waals surface area contributed by atoms with Crippen molar-refractivity contribution in [3.05, 3.63) is 31.8 Å². The molecule has 0 spiro atoms. The number of thiocarbonyl (C=S) groups is 1. The first-order valence-electron chi connectivity index (χ1n) is 4.52. The molecule has 5 nitrogen and oxygen atoms in total. The van der Waals surface area contributed by atoms with E-state index in [0.29, 0.717) is 29.1 Å². The van der Waals surface area contributed by atoms with Crippen LogP contribution in [0.25, 0.3) is 0 Å². The summed E-state index contributed by atoms with van der Waals surface area (Å²) >= 11 is 4.70. The lowest BCUT2D eigenvalue weighted by atomic mass is 10.2. The molecule has 0 unspecified atom stereocenters. The molecule has 82 valence electrons. The van der Waals surface area contributed by atoms with E-state index in [4.69, 9.17) is 18.0 Å². The van der Waals surface area contributed by atoms with Gasteiger partial charge in [-0.15, -0.1) is 0 Å². The molecule has 0 radical (unpaired) electrons. The Morgan fingerprint density at radius 3 is 2.53 bits per heavy atom. The number of nitrogens with two attached hydrogens (primary N) is 1. The minimum atomic E-state index is -0.255. The summed E-state index contributed by atoms with van der Waals surface area (Å²) in [5, 5.41) is 2.47. The molecule has 0 atom stereocenters. The highest BCUT2D eigenvalue weighted by atomic mass is 32.1. The second-order valence-corrected chi connectivity index (χ2v) is 3.89. The molecule has 1 heterocycles. The van der Waals surface area contributed by atoms with Crippen molar-refractivity contribution in [1.82, 2.24) is 9.78 Å². The number of hydrogen-bond acceptors (Lipinski definition) is 3. The zero-order valence-electron chi connectivity index (χ0n) is 8.66. The molecular weight excluding hydrogens is 214 g/mol. The van der Waals surface area contributed by atoms with Crippen molar-refractivity contribution in [1.29, 1.82) is 0 Å². The zero-order chi connectivity index (χ0) is 11.6. The van der Waals surface area contributed by atoms with E-state index in [9.17, 15) is 9.59 Å². The predicted octanol–water partition coefficient (Wildman–Crippen LogP) is -0.170. The summed E-state index contributed by atoms with van der Waals surface area (Å²) < 4.78 is 1.24. The van der Waals surface area contributed by atoms with Gasteiger partial charge in [-0.3, -0.25) is 14.7 Å². The summed E-state index contributed by atoms with van der Waals surface area (Å²) in [6.45, 7) is 3.56. The van der Waals surface area contributed by atoms with Gasteiger partial charge in [-0.25, -0.2) is 4.68 Å². The van der Waals surface area contributed by atoms with Gasteiger partial charge in [0.05, 0.1) is 4.99 Å². The number of nitrogens with zero attached hydrogens (tertiary/aromatic N) is 1. The molecule has 1 aromatic rings. The third kappa shape index (κ3) is 2.53. The third-order valence-electron chi connectivity index (χ3n) is 2.29. The van der Waals surface area contributed by atoms with E-state index >= 15 is 0 Å². The van der Waals surface area contributed by atoms with Crippen LogP contribution in [0.4, 0.5) is 0 Å². The molecule has 0 aliphatic heterocycles. The van der Waals surface area contributed by atoms with Crippen LogP contribution in [0, 0.1) is 13.8 Å². The highest BCUT2D eigenvalue weighted by Gasteiger charge is 2.06. The summed E-state index contributed by atoms with van der Waals surface area (Å²) in [5.74, 6) is 0. The average molecular weight is 227 g/mol. The van der Waals surface area contributed by atoms with E-state index < -0.39 is 0 Å². The van der Waals surface area contributed by atoms with E-state index in [1.54, 1.807) is 13.8 Å². The van der Waals surface area contributed by atoms with Gasteiger partial charge in [0.25, 0.3) is 11.1 Å². The molecule has 0 saturated heterocycles. The SMILES string of the molecule is Cc1c(C)c(=O)n(CCC(N)=S)[nH]c1=O. The molecule has 3 N–H and O–H groups in total. The lowest BCUT2D eigenvalue weighted by molar-refractivity contribution is 0.578. The highest BCUT2D eigenvalue weighted by molar-refractivity contribution is 7.80. The lowest BCUT2D eigenvalue weighted by Gasteiger charge is -2.06. The Balaban J connectivity index is 3.16. The van der Waals surface area contributed by atoms with Gasteiger partial charge in [-0.1, -0.05) is 12.2 Å². The molecule has 0 fully saturated rings. The summed E-state index contributed by atoms with van der Waals surface area (Å²) in [6.07, 6.45) is 0.397. The number of rotatable bonds is 3. The molecule has 1 rings (SSSR count). The quantitative estimate of drug-likeness (QED) is 0.702. The summed E-state index contributed by atoms with van der Waals surface area (Å²) in [4.78, 5) is 23.4. The fourth-order valence-corrected chi connectivity index (χ4v) is 1.26.